The molecule has 0 atom stereocenters. The number of rotatable bonds is 4. The Balaban J connectivity index is 1.43. The van der Waals surface area contributed by atoms with Crippen molar-refractivity contribution in [3.63, 3.8) is 0 Å². The quantitative estimate of drug-likeness (QED) is 0.232. The molecule has 0 radical (unpaired) electrons. The Labute approximate surface area is 217 Å². The largest absolute Gasteiger partial charge is 0.235 e. The fourth-order valence-electron chi connectivity index (χ4n) is 4.01. The minimum Gasteiger partial charge on any atom is -0.235 e. The van der Waals surface area contributed by atoms with Crippen LogP contribution in [0.3, 0.4) is 0 Å². The molecule has 6 aromatic rings. The predicted octanol–water partition coefficient (Wildman–Crippen LogP) is 8.76. The van der Waals surface area contributed by atoms with Gasteiger partial charge in [-0.15, -0.1) is 22.7 Å². The molecule has 0 aliphatic heterocycles. The molecule has 6 rings (SSSR count). The van der Waals surface area contributed by atoms with Gasteiger partial charge in [-0.3, -0.25) is 0 Å². The maximum atomic E-state index is 5.02. The van der Waals surface area contributed by atoms with E-state index in [4.69, 9.17) is 9.98 Å². The summed E-state index contributed by atoms with van der Waals surface area (Å²) >= 11 is 3.36. The van der Waals surface area contributed by atoms with Crippen LogP contribution in [0.15, 0.2) is 143 Å². The molecule has 0 aliphatic rings. The molecule has 0 amide bonds. The van der Waals surface area contributed by atoms with E-state index in [2.05, 4.69) is 121 Å². The minimum atomic E-state index is 0.915. The predicted molar refractivity (Wildman–Crippen MR) is 154 cm³/mol. The molecule has 1 aromatic heterocycles. The first-order valence-electron chi connectivity index (χ1n) is 11.8. The molecule has 2 nitrogen and oxygen atoms in total. The lowest BCUT2D eigenvalue weighted by atomic mass is 10.1. The summed E-state index contributed by atoms with van der Waals surface area (Å²) in [7, 11) is 0. The Bertz CT molecular complexity index is 1610. The van der Waals surface area contributed by atoms with Crippen molar-refractivity contribution in [1.29, 1.82) is 0 Å². The van der Waals surface area contributed by atoms with E-state index < -0.39 is 0 Å². The van der Waals surface area contributed by atoms with Gasteiger partial charge in [0.2, 0.25) is 0 Å². The van der Waals surface area contributed by atoms with Crippen LogP contribution in [0.5, 0.6) is 0 Å². The van der Waals surface area contributed by atoms with Gasteiger partial charge in [0.05, 0.1) is 11.4 Å². The van der Waals surface area contributed by atoms with E-state index in [1.54, 1.807) is 22.7 Å². The van der Waals surface area contributed by atoms with E-state index in [1.807, 2.05) is 12.1 Å². The van der Waals surface area contributed by atoms with Crippen LogP contribution in [0.2, 0.25) is 0 Å². The van der Waals surface area contributed by atoms with Crippen LogP contribution in [0, 0.1) is 0 Å². The number of benzene rings is 5. The Morgan fingerprint density at radius 3 is 1.06 bits per heavy atom. The van der Waals surface area contributed by atoms with Crippen LogP contribution in [0.25, 0.3) is 31.7 Å². The standard InChI is InChI=1S/C32H22N2S2/c1-3-9-23(10-4-1)25-15-19-27(20-16-25)33-31-32(36-30-14-8-7-13-29(30)35-31)34-28-21-17-26(18-22-28)24-11-5-2-6-12-24/h1-22H. The maximum absolute atomic E-state index is 5.02. The van der Waals surface area contributed by atoms with Crippen molar-refractivity contribution in [2.24, 2.45) is 9.98 Å². The van der Waals surface area contributed by atoms with Crippen molar-refractivity contribution in [3.05, 3.63) is 143 Å². The number of fused-ring (bicyclic) bond motifs is 1. The van der Waals surface area contributed by atoms with Gasteiger partial charge < -0.3 is 0 Å². The van der Waals surface area contributed by atoms with Gasteiger partial charge >= 0.3 is 0 Å². The van der Waals surface area contributed by atoms with E-state index in [1.165, 1.54) is 31.7 Å². The highest BCUT2D eigenvalue weighted by molar-refractivity contribution is 7.25. The maximum Gasteiger partial charge on any atom is 0.153 e. The highest BCUT2D eigenvalue weighted by Gasteiger charge is 2.02. The fraction of sp³-hybridized carbons (Fsp3) is 0. The van der Waals surface area contributed by atoms with E-state index in [0.717, 1.165) is 20.7 Å². The first-order valence-corrected chi connectivity index (χ1v) is 13.4. The van der Waals surface area contributed by atoms with Crippen LogP contribution in [0.4, 0.5) is 11.4 Å². The summed E-state index contributed by atoms with van der Waals surface area (Å²) in [6.45, 7) is 0. The van der Waals surface area contributed by atoms with Crippen LogP contribution >= 0.6 is 22.7 Å². The lowest BCUT2D eigenvalue weighted by Crippen LogP contribution is -2.19. The average molecular weight is 499 g/mol. The topological polar surface area (TPSA) is 24.7 Å². The molecule has 0 saturated carbocycles. The van der Waals surface area contributed by atoms with E-state index in [-0.39, 0.29) is 0 Å². The van der Waals surface area contributed by atoms with E-state index in [9.17, 15) is 0 Å². The smallest absolute Gasteiger partial charge is 0.153 e. The lowest BCUT2D eigenvalue weighted by Gasteiger charge is -2.03. The summed E-state index contributed by atoms with van der Waals surface area (Å²) in [4.78, 5) is 10.0. The highest BCUT2D eigenvalue weighted by Crippen LogP contribution is 2.24. The van der Waals surface area contributed by atoms with Crippen molar-refractivity contribution < 1.29 is 0 Å². The molecule has 0 aliphatic carbocycles. The molecule has 172 valence electrons. The Hall–Kier alpha value is -4.12. The SMILES string of the molecule is c1ccc(-c2ccc(N=c3sc4ccccc4sc3=Nc3ccc(-c4ccccc4)cc3)cc2)cc1. The molecule has 0 fully saturated rings. The Kier molecular flexibility index (Phi) is 6.36. The van der Waals surface area contributed by atoms with Crippen molar-refractivity contribution in [2.75, 3.05) is 0 Å². The molecule has 0 bridgehead atoms. The molecule has 5 aromatic carbocycles. The van der Waals surface area contributed by atoms with Gasteiger partial charge in [-0.25, -0.2) is 9.98 Å². The molecule has 0 unspecified atom stereocenters. The zero-order chi connectivity index (χ0) is 24.2. The second-order valence-corrected chi connectivity index (χ2v) is 10.4. The zero-order valence-corrected chi connectivity index (χ0v) is 21.0. The van der Waals surface area contributed by atoms with Crippen molar-refractivity contribution in [2.45, 2.75) is 0 Å². The van der Waals surface area contributed by atoms with Crippen molar-refractivity contribution >= 4 is 43.4 Å². The van der Waals surface area contributed by atoms with Gasteiger partial charge in [-0.05, 0) is 58.7 Å². The third-order valence-electron chi connectivity index (χ3n) is 5.86. The average Bonchev–Trinajstić information content (AvgIpc) is 2.95. The summed E-state index contributed by atoms with van der Waals surface area (Å²) in [6, 6.07) is 46.1. The van der Waals surface area contributed by atoms with Gasteiger partial charge in [-0.1, -0.05) is 97.1 Å². The monoisotopic (exact) mass is 498 g/mol. The fourth-order valence-corrected chi connectivity index (χ4v) is 6.12. The second kappa shape index (κ2) is 10.2. The molecule has 1 heterocycles. The molecule has 0 spiro atoms. The summed E-state index contributed by atoms with van der Waals surface area (Å²) in [6.07, 6.45) is 0. The molecule has 4 heteroatoms. The van der Waals surface area contributed by atoms with Crippen LogP contribution in [-0.2, 0) is 0 Å². The van der Waals surface area contributed by atoms with Crippen molar-refractivity contribution in [1.82, 2.24) is 0 Å². The van der Waals surface area contributed by atoms with Gasteiger partial charge in [-0.2, -0.15) is 0 Å². The highest BCUT2D eigenvalue weighted by atomic mass is 32.1. The first kappa shape index (κ1) is 22.4. The number of hydrogen-bond donors (Lipinski definition) is 0. The number of hydrogen-bond acceptors (Lipinski definition) is 4. The summed E-state index contributed by atoms with van der Waals surface area (Å²) in [5.74, 6) is 0. The summed E-state index contributed by atoms with van der Waals surface area (Å²) < 4.78 is 4.25. The molecule has 0 N–H and O–H groups in total. The molecular formula is C32H22N2S2. The van der Waals surface area contributed by atoms with Crippen LogP contribution in [-0.4, -0.2) is 0 Å². The van der Waals surface area contributed by atoms with Gasteiger partial charge in [0.25, 0.3) is 0 Å². The van der Waals surface area contributed by atoms with Gasteiger partial charge in [0.1, 0.15) is 0 Å². The Morgan fingerprint density at radius 2 is 0.667 bits per heavy atom. The first-order chi connectivity index (χ1) is 17.8. The van der Waals surface area contributed by atoms with Gasteiger partial charge in [0.15, 0.2) is 9.34 Å². The van der Waals surface area contributed by atoms with Crippen LogP contribution < -0.4 is 9.34 Å². The lowest BCUT2D eigenvalue weighted by molar-refractivity contribution is 1.32. The number of nitrogens with zero attached hydrogens (tertiary/aromatic N) is 2. The molecule has 36 heavy (non-hydrogen) atoms. The zero-order valence-electron chi connectivity index (χ0n) is 19.4. The Morgan fingerprint density at radius 1 is 0.333 bits per heavy atom. The van der Waals surface area contributed by atoms with E-state index >= 15 is 0 Å². The van der Waals surface area contributed by atoms with E-state index in [0.29, 0.717) is 0 Å². The third-order valence-corrected chi connectivity index (χ3v) is 8.22. The third kappa shape index (κ3) is 4.96. The van der Waals surface area contributed by atoms with Crippen molar-refractivity contribution in [3.8, 4) is 22.3 Å². The van der Waals surface area contributed by atoms with Gasteiger partial charge in [0, 0.05) is 9.40 Å². The normalized spacial score (nSPS) is 12.2. The summed E-state index contributed by atoms with van der Waals surface area (Å²) in [5.41, 5.74) is 6.61. The summed E-state index contributed by atoms with van der Waals surface area (Å²) in [5, 5.41) is 0. The second-order valence-electron chi connectivity index (χ2n) is 8.31. The van der Waals surface area contributed by atoms with Crippen LogP contribution in [0.1, 0.15) is 0 Å². The minimum absolute atomic E-state index is 0.915. The molecule has 0 saturated heterocycles. The molecular weight excluding hydrogens is 477 g/mol.